The molecule has 1 amide bonds. The van der Waals surface area contributed by atoms with E-state index in [1.807, 2.05) is 13.8 Å². The molecule has 1 aliphatic rings. The number of alkyl halides is 3. The first-order valence-electron chi connectivity index (χ1n) is 10.3. The van der Waals surface area contributed by atoms with Gasteiger partial charge in [0.05, 0.1) is 36.0 Å². The van der Waals surface area contributed by atoms with Crippen LogP contribution in [0.2, 0.25) is 0 Å². The number of hydrogen-bond acceptors (Lipinski definition) is 5. The highest BCUT2D eigenvalue weighted by Crippen LogP contribution is 2.38. The molecular weight excluding hydrogens is 421 g/mol. The fourth-order valence-corrected chi connectivity index (χ4v) is 3.98. The molecule has 0 bridgehead atoms. The highest BCUT2D eigenvalue weighted by Gasteiger charge is 2.31. The van der Waals surface area contributed by atoms with Crippen LogP contribution >= 0.6 is 0 Å². The lowest BCUT2D eigenvalue weighted by atomic mass is 10.00. The molecule has 0 aliphatic carbocycles. The standard InChI is InChI=1S/C23H23F3N4O2/c1-3-8-30(11-16-6-5-15(10-28-16)23(24,25)26)22(31)14-4-7-19-17(9-14)18-12-32-13(2)20(18)21(27)29-19/h4-7,9-10,13H,3,8,11-12H2,1-2H3,(H2,27,29)/t13-/m0/s1. The van der Waals surface area contributed by atoms with Crippen LogP contribution in [-0.2, 0) is 24.1 Å². The van der Waals surface area contributed by atoms with Crippen molar-refractivity contribution in [2.45, 2.75) is 45.7 Å². The predicted molar refractivity (Wildman–Crippen MR) is 114 cm³/mol. The van der Waals surface area contributed by atoms with Gasteiger partial charge in [0.2, 0.25) is 0 Å². The van der Waals surface area contributed by atoms with Crippen LogP contribution in [0.15, 0.2) is 36.5 Å². The number of nitrogen functional groups attached to an aromatic ring is 1. The number of nitrogens with zero attached hydrogens (tertiary/aromatic N) is 3. The number of benzene rings is 1. The number of fused-ring (bicyclic) bond motifs is 3. The number of anilines is 1. The van der Waals surface area contributed by atoms with Gasteiger partial charge in [-0.05, 0) is 49.2 Å². The highest BCUT2D eigenvalue weighted by atomic mass is 19.4. The summed E-state index contributed by atoms with van der Waals surface area (Å²) in [7, 11) is 0. The van der Waals surface area contributed by atoms with Crippen LogP contribution in [0.1, 0.15) is 59.1 Å². The van der Waals surface area contributed by atoms with Gasteiger partial charge in [0, 0.05) is 29.3 Å². The molecule has 1 aliphatic heterocycles. The van der Waals surface area contributed by atoms with Crippen molar-refractivity contribution in [3.63, 3.8) is 0 Å². The summed E-state index contributed by atoms with van der Waals surface area (Å²) in [5.41, 5.74) is 8.59. The van der Waals surface area contributed by atoms with Crippen molar-refractivity contribution in [1.82, 2.24) is 14.9 Å². The summed E-state index contributed by atoms with van der Waals surface area (Å²) >= 11 is 0. The van der Waals surface area contributed by atoms with E-state index in [1.165, 1.54) is 6.07 Å². The number of halogens is 3. The third-order valence-corrected chi connectivity index (χ3v) is 5.58. The third-order valence-electron chi connectivity index (χ3n) is 5.58. The molecule has 9 heteroatoms. The van der Waals surface area contributed by atoms with Gasteiger partial charge >= 0.3 is 6.18 Å². The van der Waals surface area contributed by atoms with Gasteiger partial charge in [0.1, 0.15) is 5.82 Å². The largest absolute Gasteiger partial charge is 0.417 e. The van der Waals surface area contributed by atoms with Crippen LogP contribution in [0.3, 0.4) is 0 Å². The van der Waals surface area contributed by atoms with E-state index in [2.05, 4.69) is 9.97 Å². The van der Waals surface area contributed by atoms with Crippen LogP contribution < -0.4 is 5.73 Å². The number of hydrogen-bond donors (Lipinski definition) is 1. The van der Waals surface area contributed by atoms with Crippen molar-refractivity contribution in [2.24, 2.45) is 0 Å². The first kappa shape index (κ1) is 22.0. The monoisotopic (exact) mass is 444 g/mol. The fraction of sp³-hybridized carbons (Fsp3) is 0.348. The van der Waals surface area contributed by atoms with E-state index in [9.17, 15) is 18.0 Å². The summed E-state index contributed by atoms with van der Waals surface area (Å²) in [4.78, 5) is 23.2. The van der Waals surface area contributed by atoms with E-state index in [0.29, 0.717) is 42.2 Å². The van der Waals surface area contributed by atoms with Crippen molar-refractivity contribution in [2.75, 3.05) is 12.3 Å². The van der Waals surface area contributed by atoms with Crippen LogP contribution in [0.4, 0.5) is 19.0 Å². The molecule has 0 saturated heterocycles. The van der Waals surface area contributed by atoms with Gasteiger partial charge in [-0.2, -0.15) is 13.2 Å². The number of carbonyl (C=O) groups excluding carboxylic acids is 1. The Morgan fingerprint density at radius 2 is 2.06 bits per heavy atom. The molecule has 0 fully saturated rings. The molecule has 168 valence electrons. The van der Waals surface area contributed by atoms with E-state index in [0.717, 1.165) is 28.8 Å². The Morgan fingerprint density at radius 1 is 1.28 bits per heavy atom. The Morgan fingerprint density at radius 3 is 2.72 bits per heavy atom. The molecular formula is C23H23F3N4O2. The molecule has 0 spiro atoms. The maximum Gasteiger partial charge on any atom is 0.417 e. The summed E-state index contributed by atoms with van der Waals surface area (Å²) < 4.78 is 44.1. The van der Waals surface area contributed by atoms with Crippen molar-refractivity contribution in [1.29, 1.82) is 0 Å². The maximum atomic E-state index is 13.3. The predicted octanol–water partition coefficient (Wildman–Crippen LogP) is 4.87. The molecule has 32 heavy (non-hydrogen) atoms. The molecule has 0 saturated carbocycles. The van der Waals surface area contributed by atoms with Gasteiger partial charge in [0.25, 0.3) is 5.91 Å². The zero-order valence-electron chi connectivity index (χ0n) is 17.7. The quantitative estimate of drug-likeness (QED) is 0.607. The third kappa shape index (κ3) is 4.12. The molecule has 2 N–H and O–H groups in total. The maximum absolute atomic E-state index is 13.3. The zero-order valence-corrected chi connectivity index (χ0v) is 17.7. The number of carbonyl (C=O) groups is 1. The van der Waals surface area contributed by atoms with Crippen LogP contribution in [-0.4, -0.2) is 27.3 Å². The summed E-state index contributed by atoms with van der Waals surface area (Å²) in [6, 6.07) is 7.51. The number of aromatic nitrogens is 2. The summed E-state index contributed by atoms with van der Waals surface area (Å²) in [6.07, 6.45) is -3.13. The zero-order chi connectivity index (χ0) is 23.0. The molecule has 2 aromatic heterocycles. The van der Waals surface area contributed by atoms with Gasteiger partial charge < -0.3 is 15.4 Å². The smallest absolute Gasteiger partial charge is 0.383 e. The molecule has 4 rings (SSSR count). The van der Waals surface area contributed by atoms with E-state index in [-0.39, 0.29) is 18.6 Å². The Hall–Kier alpha value is -3.20. The van der Waals surface area contributed by atoms with Gasteiger partial charge in [-0.3, -0.25) is 9.78 Å². The lowest BCUT2D eigenvalue weighted by Crippen LogP contribution is -2.31. The van der Waals surface area contributed by atoms with E-state index >= 15 is 0 Å². The van der Waals surface area contributed by atoms with Crippen molar-refractivity contribution < 1.29 is 22.7 Å². The Balaban J connectivity index is 1.64. The van der Waals surface area contributed by atoms with Gasteiger partial charge in [0.15, 0.2) is 0 Å². The Kier molecular flexibility index (Phi) is 5.77. The lowest BCUT2D eigenvalue weighted by molar-refractivity contribution is -0.137. The summed E-state index contributed by atoms with van der Waals surface area (Å²) in [6.45, 7) is 4.79. The lowest BCUT2D eigenvalue weighted by Gasteiger charge is -2.22. The molecule has 3 heterocycles. The molecule has 0 radical (unpaired) electrons. The highest BCUT2D eigenvalue weighted by molar-refractivity contribution is 5.99. The van der Waals surface area contributed by atoms with Crippen LogP contribution in [0, 0.1) is 0 Å². The van der Waals surface area contributed by atoms with Crippen LogP contribution in [0.5, 0.6) is 0 Å². The van der Waals surface area contributed by atoms with Crippen molar-refractivity contribution >= 4 is 22.6 Å². The minimum Gasteiger partial charge on any atom is -0.383 e. The minimum absolute atomic E-state index is 0.112. The number of nitrogens with two attached hydrogens (primary N) is 1. The number of rotatable bonds is 5. The van der Waals surface area contributed by atoms with E-state index in [1.54, 1.807) is 23.1 Å². The first-order valence-corrected chi connectivity index (χ1v) is 10.3. The van der Waals surface area contributed by atoms with Gasteiger partial charge in [-0.1, -0.05) is 6.92 Å². The molecule has 6 nitrogen and oxygen atoms in total. The second kappa shape index (κ2) is 8.38. The molecule has 1 aromatic carbocycles. The summed E-state index contributed by atoms with van der Waals surface area (Å²) in [5.74, 6) is 0.200. The van der Waals surface area contributed by atoms with Crippen molar-refractivity contribution in [3.05, 3.63) is 64.5 Å². The second-order valence-electron chi connectivity index (χ2n) is 7.84. The average molecular weight is 444 g/mol. The molecule has 1 atom stereocenters. The number of amides is 1. The molecule has 0 unspecified atom stereocenters. The number of ether oxygens (including phenoxy) is 1. The van der Waals surface area contributed by atoms with Gasteiger partial charge in [-0.25, -0.2) is 4.98 Å². The Labute approximate surface area is 183 Å². The van der Waals surface area contributed by atoms with E-state index in [4.69, 9.17) is 10.5 Å². The molecule has 3 aromatic rings. The SMILES string of the molecule is CCCN(Cc1ccc(C(F)(F)F)cn1)C(=O)c1ccc2nc(N)c3c(c2c1)CO[C@H]3C. The fourth-order valence-electron chi connectivity index (χ4n) is 3.98. The average Bonchev–Trinajstić information content (AvgIpc) is 3.15. The van der Waals surface area contributed by atoms with E-state index < -0.39 is 11.7 Å². The minimum atomic E-state index is -4.45. The number of pyridine rings is 2. The first-order chi connectivity index (χ1) is 15.2. The summed E-state index contributed by atoms with van der Waals surface area (Å²) in [5, 5.41) is 0.813. The van der Waals surface area contributed by atoms with Crippen LogP contribution in [0.25, 0.3) is 10.9 Å². The van der Waals surface area contributed by atoms with Crippen molar-refractivity contribution in [3.8, 4) is 0 Å². The normalized spacial score (nSPS) is 15.7. The van der Waals surface area contributed by atoms with Gasteiger partial charge in [-0.15, -0.1) is 0 Å². The topological polar surface area (TPSA) is 81.3 Å². The Bertz CT molecular complexity index is 1160. The second-order valence-corrected chi connectivity index (χ2v) is 7.84.